The van der Waals surface area contributed by atoms with Gasteiger partial charge in [-0.3, -0.25) is 5.43 Å². The van der Waals surface area contributed by atoms with Crippen molar-refractivity contribution in [2.45, 2.75) is 45.1 Å². The van der Waals surface area contributed by atoms with Crippen LogP contribution in [0.1, 0.15) is 53.6 Å². The van der Waals surface area contributed by atoms with Gasteiger partial charge < -0.3 is 14.8 Å². The zero-order chi connectivity index (χ0) is 21.3. The lowest BCUT2D eigenvalue weighted by atomic mass is 9.96. The van der Waals surface area contributed by atoms with Crippen molar-refractivity contribution in [2.24, 2.45) is 5.10 Å². The van der Waals surface area contributed by atoms with Crippen molar-refractivity contribution in [3.05, 3.63) is 59.2 Å². The van der Waals surface area contributed by atoms with E-state index in [1.165, 1.54) is 26.4 Å². The van der Waals surface area contributed by atoms with Crippen molar-refractivity contribution >= 4 is 29.5 Å². The van der Waals surface area contributed by atoms with E-state index in [1.807, 2.05) is 19.1 Å². The molecule has 0 aromatic heterocycles. The van der Waals surface area contributed by atoms with Gasteiger partial charge in [-0.1, -0.05) is 37.0 Å². The molecule has 7 heteroatoms. The number of hydrogen-bond acceptors (Lipinski definition) is 5. The topological polar surface area (TPSA) is 71.9 Å². The van der Waals surface area contributed by atoms with Gasteiger partial charge in [0.2, 0.25) is 0 Å². The highest BCUT2D eigenvalue weighted by molar-refractivity contribution is 7.80. The van der Waals surface area contributed by atoms with E-state index in [1.54, 1.807) is 36.5 Å². The highest BCUT2D eigenvalue weighted by Gasteiger charge is 2.14. The maximum atomic E-state index is 12.4. The first-order chi connectivity index (χ1) is 14.5. The Bertz CT molecular complexity index is 906. The van der Waals surface area contributed by atoms with Gasteiger partial charge in [0.25, 0.3) is 0 Å². The van der Waals surface area contributed by atoms with E-state index in [0.717, 1.165) is 24.0 Å². The van der Waals surface area contributed by atoms with E-state index in [2.05, 4.69) is 15.8 Å². The fourth-order valence-electron chi connectivity index (χ4n) is 3.33. The molecule has 0 aliphatic heterocycles. The van der Waals surface area contributed by atoms with E-state index in [-0.39, 0.29) is 0 Å². The molecule has 0 spiro atoms. The molecule has 1 aliphatic rings. The van der Waals surface area contributed by atoms with Crippen LogP contribution in [0.3, 0.4) is 0 Å². The van der Waals surface area contributed by atoms with Gasteiger partial charge in [-0.15, -0.1) is 0 Å². The smallest absolute Gasteiger partial charge is 0.343 e. The molecule has 0 heterocycles. The Balaban J connectivity index is 1.57. The number of rotatable bonds is 6. The lowest BCUT2D eigenvalue weighted by Crippen LogP contribution is -2.40. The van der Waals surface area contributed by atoms with E-state index in [0.29, 0.717) is 28.2 Å². The number of benzene rings is 2. The highest BCUT2D eigenvalue weighted by Crippen LogP contribution is 2.28. The maximum absolute atomic E-state index is 12.4. The summed E-state index contributed by atoms with van der Waals surface area (Å²) in [7, 11) is 1.53. The minimum Gasteiger partial charge on any atom is -0.493 e. The first-order valence-corrected chi connectivity index (χ1v) is 10.5. The van der Waals surface area contributed by atoms with Gasteiger partial charge in [0.15, 0.2) is 16.6 Å². The van der Waals surface area contributed by atoms with Gasteiger partial charge in [0.05, 0.1) is 18.9 Å². The van der Waals surface area contributed by atoms with E-state index < -0.39 is 5.97 Å². The number of hydrogen-bond donors (Lipinski definition) is 2. The molecule has 2 aromatic rings. The van der Waals surface area contributed by atoms with E-state index in [4.69, 9.17) is 21.7 Å². The highest BCUT2D eigenvalue weighted by atomic mass is 32.1. The molecule has 1 aliphatic carbocycles. The van der Waals surface area contributed by atoms with Crippen LogP contribution in [0, 0.1) is 6.92 Å². The average molecular weight is 426 g/mol. The van der Waals surface area contributed by atoms with E-state index >= 15 is 0 Å². The Kier molecular flexibility index (Phi) is 7.79. The number of methoxy groups -OCH3 is 1. The molecular weight excluding hydrogens is 398 g/mol. The Morgan fingerprint density at radius 2 is 1.83 bits per heavy atom. The number of nitrogens with zero attached hydrogens (tertiary/aromatic N) is 1. The number of hydrazone groups is 1. The fraction of sp³-hybridized carbons (Fsp3) is 0.348. The third kappa shape index (κ3) is 6.29. The Labute approximate surface area is 182 Å². The first kappa shape index (κ1) is 21.8. The lowest BCUT2D eigenvalue weighted by molar-refractivity contribution is 0.0729. The van der Waals surface area contributed by atoms with Gasteiger partial charge in [-0.05, 0) is 67.9 Å². The predicted octanol–water partition coefficient (Wildman–Crippen LogP) is 4.35. The molecule has 0 atom stereocenters. The third-order valence-corrected chi connectivity index (χ3v) is 5.21. The van der Waals surface area contributed by atoms with Crippen molar-refractivity contribution in [2.75, 3.05) is 7.11 Å². The zero-order valence-electron chi connectivity index (χ0n) is 17.3. The van der Waals surface area contributed by atoms with Crippen molar-refractivity contribution < 1.29 is 14.3 Å². The summed E-state index contributed by atoms with van der Waals surface area (Å²) in [4.78, 5) is 12.4. The Morgan fingerprint density at radius 3 is 2.53 bits per heavy atom. The standard InChI is InChI=1S/C23H27N3O3S/c1-16-8-11-18(12-9-16)22(27)29-20-13-10-17(14-21(20)28-2)15-24-26-23(30)25-19-6-4-3-5-7-19/h8-15,19H,3-7H2,1-2H3,(H2,25,26,30)/b24-15+. The first-order valence-electron chi connectivity index (χ1n) is 10.1. The molecule has 158 valence electrons. The van der Waals surface area contributed by atoms with Gasteiger partial charge in [0.1, 0.15) is 0 Å². The fourth-order valence-corrected chi connectivity index (χ4v) is 3.55. The molecule has 1 saturated carbocycles. The summed E-state index contributed by atoms with van der Waals surface area (Å²) in [5.41, 5.74) is 5.20. The molecule has 0 unspecified atom stereocenters. The SMILES string of the molecule is COc1cc(/C=N/NC(=S)NC2CCCCC2)ccc1OC(=O)c1ccc(C)cc1. The van der Waals surface area contributed by atoms with Crippen LogP contribution in [-0.4, -0.2) is 30.4 Å². The second-order valence-electron chi connectivity index (χ2n) is 7.34. The molecular formula is C23H27N3O3S. The Hall–Kier alpha value is -2.93. The summed E-state index contributed by atoms with van der Waals surface area (Å²) in [6.07, 6.45) is 7.71. The average Bonchev–Trinajstić information content (AvgIpc) is 2.75. The van der Waals surface area contributed by atoms with Crippen molar-refractivity contribution in [3.63, 3.8) is 0 Å². The number of esters is 1. The second-order valence-corrected chi connectivity index (χ2v) is 7.75. The van der Waals surface area contributed by atoms with Crippen LogP contribution < -0.4 is 20.2 Å². The van der Waals surface area contributed by atoms with E-state index in [9.17, 15) is 4.79 Å². The zero-order valence-corrected chi connectivity index (χ0v) is 18.1. The van der Waals surface area contributed by atoms with Gasteiger partial charge in [-0.2, -0.15) is 5.10 Å². The second kappa shape index (κ2) is 10.7. The number of aryl methyl sites for hydroxylation is 1. The molecule has 0 amide bonds. The molecule has 6 nitrogen and oxygen atoms in total. The van der Waals surface area contributed by atoms with Gasteiger partial charge in [0, 0.05) is 6.04 Å². The molecule has 0 bridgehead atoms. The monoisotopic (exact) mass is 425 g/mol. The number of ether oxygens (including phenoxy) is 2. The normalized spacial score (nSPS) is 14.3. The number of carbonyl (C=O) groups excluding carboxylic acids is 1. The van der Waals surface area contributed by atoms with Crippen LogP contribution in [0.2, 0.25) is 0 Å². The molecule has 2 N–H and O–H groups in total. The van der Waals surface area contributed by atoms with Crippen LogP contribution in [0.25, 0.3) is 0 Å². The summed E-state index contributed by atoms with van der Waals surface area (Å²) < 4.78 is 10.9. The minimum atomic E-state index is -0.435. The van der Waals surface area contributed by atoms with Crippen LogP contribution >= 0.6 is 12.2 Å². The number of thiocarbonyl (C=S) groups is 1. The molecule has 2 aromatic carbocycles. The van der Waals surface area contributed by atoms with Crippen LogP contribution in [0.5, 0.6) is 11.5 Å². The summed E-state index contributed by atoms with van der Waals surface area (Å²) in [6.45, 7) is 1.96. The summed E-state index contributed by atoms with van der Waals surface area (Å²) in [5.74, 6) is 0.362. The Morgan fingerprint density at radius 1 is 1.10 bits per heavy atom. The number of nitrogens with one attached hydrogen (secondary N) is 2. The summed E-state index contributed by atoms with van der Waals surface area (Å²) >= 11 is 5.30. The minimum absolute atomic E-state index is 0.350. The maximum Gasteiger partial charge on any atom is 0.343 e. The molecule has 3 rings (SSSR count). The molecule has 0 saturated heterocycles. The van der Waals surface area contributed by atoms with Crippen molar-refractivity contribution in [1.29, 1.82) is 0 Å². The van der Waals surface area contributed by atoms with Gasteiger partial charge >= 0.3 is 5.97 Å². The largest absolute Gasteiger partial charge is 0.493 e. The molecule has 30 heavy (non-hydrogen) atoms. The summed E-state index contributed by atoms with van der Waals surface area (Å²) in [6, 6.07) is 12.9. The van der Waals surface area contributed by atoms with Crippen LogP contribution in [0.15, 0.2) is 47.6 Å². The van der Waals surface area contributed by atoms with Crippen molar-refractivity contribution in [1.82, 2.24) is 10.7 Å². The number of carbonyl (C=O) groups is 1. The van der Waals surface area contributed by atoms with Gasteiger partial charge in [-0.25, -0.2) is 4.79 Å². The molecule has 0 radical (unpaired) electrons. The van der Waals surface area contributed by atoms with Crippen LogP contribution in [0.4, 0.5) is 0 Å². The summed E-state index contributed by atoms with van der Waals surface area (Å²) in [5, 5.41) is 8.01. The quantitative estimate of drug-likeness (QED) is 0.236. The van der Waals surface area contributed by atoms with Crippen LogP contribution in [-0.2, 0) is 0 Å². The van der Waals surface area contributed by atoms with Crippen molar-refractivity contribution in [3.8, 4) is 11.5 Å². The lowest BCUT2D eigenvalue weighted by Gasteiger charge is -2.23. The third-order valence-electron chi connectivity index (χ3n) is 5.00. The molecule has 1 fully saturated rings. The predicted molar refractivity (Wildman–Crippen MR) is 122 cm³/mol.